The first-order valence-electron chi connectivity index (χ1n) is 6.08. The highest BCUT2D eigenvalue weighted by atomic mass is 35.5. The number of rotatable bonds is 4. The monoisotopic (exact) mass is 283 g/mol. The van der Waals surface area contributed by atoms with E-state index < -0.39 is 0 Å². The van der Waals surface area contributed by atoms with E-state index in [-0.39, 0.29) is 6.04 Å². The van der Waals surface area contributed by atoms with Crippen molar-refractivity contribution in [3.05, 3.63) is 38.3 Å². The van der Waals surface area contributed by atoms with E-state index >= 15 is 0 Å². The molecule has 0 aliphatic carbocycles. The van der Waals surface area contributed by atoms with Crippen LogP contribution in [-0.2, 0) is 6.54 Å². The summed E-state index contributed by atoms with van der Waals surface area (Å²) in [7, 11) is 0. The Morgan fingerprint density at radius 1 is 1.50 bits per heavy atom. The van der Waals surface area contributed by atoms with E-state index in [4.69, 9.17) is 17.3 Å². The fourth-order valence-electron chi connectivity index (χ4n) is 1.96. The molecule has 0 spiro atoms. The molecule has 0 saturated heterocycles. The molecule has 2 rings (SSSR count). The molecule has 0 aliphatic heterocycles. The number of halogens is 1. The fraction of sp³-hybridized carbons (Fsp3) is 0.462. The van der Waals surface area contributed by atoms with Gasteiger partial charge in [0.25, 0.3) is 0 Å². The van der Waals surface area contributed by atoms with Crippen molar-refractivity contribution in [1.82, 2.24) is 9.78 Å². The smallest absolute Gasteiger partial charge is 0.0837 e. The molecule has 0 saturated carbocycles. The lowest BCUT2D eigenvalue weighted by Gasteiger charge is -2.13. The number of nitrogens with zero attached hydrogens (tertiary/aromatic N) is 2. The van der Waals surface area contributed by atoms with Gasteiger partial charge in [0.15, 0.2) is 0 Å². The predicted molar refractivity (Wildman–Crippen MR) is 77.4 cm³/mol. The molecule has 0 aromatic carbocycles. The van der Waals surface area contributed by atoms with Crippen molar-refractivity contribution in [2.75, 3.05) is 0 Å². The highest BCUT2D eigenvalue weighted by Crippen LogP contribution is 2.32. The Morgan fingerprint density at radius 2 is 2.22 bits per heavy atom. The van der Waals surface area contributed by atoms with Gasteiger partial charge in [-0.05, 0) is 31.9 Å². The van der Waals surface area contributed by atoms with Gasteiger partial charge in [0.2, 0.25) is 0 Å². The van der Waals surface area contributed by atoms with E-state index in [2.05, 4.69) is 31.9 Å². The SMILES string of the molecule is CCCn1ncc(Cl)c1C(N)c1cc(C)c(C)s1. The maximum absolute atomic E-state index is 6.34. The number of nitrogens with two attached hydrogens (primary N) is 1. The lowest BCUT2D eigenvalue weighted by atomic mass is 10.1. The number of aryl methyl sites for hydroxylation is 3. The highest BCUT2D eigenvalue weighted by molar-refractivity contribution is 7.12. The second-order valence-electron chi connectivity index (χ2n) is 4.47. The summed E-state index contributed by atoms with van der Waals surface area (Å²) in [4.78, 5) is 2.45. The Labute approximate surface area is 117 Å². The van der Waals surface area contributed by atoms with Crippen LogP contribution in [0.2, 0.25) is 5.02 Å². The third kappa shape index (κ3) is 2.46. The van der Waals surface area contributed by atoms with Gasteiger partial charge < -0.3 is 5.73 Å². The topological polar surface area (TPSA) is 43.8 Å². The maximum Gasteiger partial charge on any atom is 0.0837 e. The van der Waals surface area contributed by atoms with Crippen LogP contribution in [0.15, 0.2) is 12.3 Å². The van der Waals surface area contributed by atoms with E-state index in [1.54, 1.807) is 17.5 Å². The Bertz CT molecular complexity index is 525. The molecule has 98 valence electrons. The molecule has 3 nitrogen and oxygen atoms in total. The maximum atomic E-state index is 6.34. The first-order chi connectivity index (χ1) is 8.54. The van der Waals surface area contributed by atoms with E-state index in [0.29, 0.717) is 5.02 Å². The summed E-state index contributed by atoms with van der Waals surface area (Å²) >= 11 is 7.94. The Balaban J connectivity index is 2.38. The van der Waals surface area contributed by atoms with Crippen molar-refractivity contribution in [2.24, 2.45) is 5.73 Å². The van der Waals surface area contributed by atoms with Gasteiger partial charge in [-0.15, -0.1) is 11.3 Å². The zero-order chi connectivity index (χ0) is 13.3. The van der Waals surface area contributed by atoms with Crippen LogP contribution in [-0.4, -0.2) is 9.78 Å². The van der Waals surface area contributed by atoms with Crippen LogP contribution in [0.4, 0.5) is 0 Å². The van der Waals surface area contributed by atoms with Gasteiger partial charge in [0.05, 0.1) is 23.0 Å². The zero-order valence-electron chi connectivity index (χ0n) is 10.9. The van der Waals surface area contributed by atoms with Crippen molar-refractivity contribution >= 4 is 22.9 Å². The molecular weight excluding hydrogens is 266 g/mol. The lowest BCUT2D eigenvalue weighted by Crippen LogP contribution is -2.17. The van der Waals surface area contributed by atoms with Crippen molar-refractivity contribution in [3.8, 4) is 0 Å². The summed E-state index contributed by atoms with van der Waals surface area (Å²) < 4.78 is 1.91. The minimum atomic E-state index is -0.191. The molecule has 0 bridgehead atoms. The molecule has 2 aromatic heterocycles. The first kappa shape index (κ1) is 13.6. The van der Waals surface area contributed by atoms with E-state index in [0.717, 1.165) is 23.5 Å². The first-order valence-corrected chi connectivity index (χ1v) is 7.27. The average molecular weight is 284 g/mol. The Hall–Kier alpha value is -0.840. The van der Waals surface area contributed by atoms with Crippen LogP contribution >= 0.6 is 22.9 Å². The second kappa shape index (κ2) is 5.43. The van der Waals surface area contributed by atoms with Crippen LogP contribution in [0.3, 0.4) is 0 Å². The normalized spacial score (nSPS) is 12.9. The number of thiophene rings is 1. The van der Waals surface area contributed by atoms with Crippen LogP contribution < -0.4 is 5.73 Å². The molecule has 0 fully saturated rings. The number of hydrogen-bond acceptors (Lipinski definition) is 3. The van der Waals surface area contributed by atoms with Crippen LogP contribution in [0.25, 0.3) is 0 Å². The lowest BCUT2D eigenvalue weighted by molar-refractivity contribution is 0.561. The van der Waals surface area contributed by atoms with Gasteiger partial charge in [0, 0.05) is 16.3 Å². The van der Waals surface area contributed by atoms with Gasteiger partial charge in [-0.3, -0.25) is 4.68 Å². The highest BCUT2D eigenvalue weighted by Gasteiger charge is 2.20. The molecule has 0 radical (unpaired) electrons. The molecule has 5 heteroatoms. The molecule has 1 unspecified atom stereocenters. The summed E-state index contributed by atoms with van der Waals surface area (Å²) in [6, 6.07) is 1.95. The van der Waals surface area contributed by atoms with Gasteiger partial charge in [-0.2, -0.15) is 5.10 Å². The minimum Gasteiger partial charge on any atom is -0.318 e. The van der Waals surface area contributed by atoms with Crippen LogP contribution in [0, 0.1) is 13.8 Å². The summed E-state index contributed by atoms with van der Waals surface area (Å²) in [6.07, 6.45) is 2.69. The number of hydrogen-bond donors (Lipinski definition) is 1. The van der Waals surface area contributed by atoms with Crippen molar-refractivity contribution < 1.29 is 0 Å². The third-order valence-electron chi connectivity index (χ3n) is 3.05. The summed E-state index contributed by atoms with van der Waals surface area (Å²) in [5, 5.41) is 4.94. The van der Waals surface area contributed by atoms with Gasteiger partial charge >= 0.3 is 0 Å². The van der Waals surface area contributed by atoms with E-state index in [1.807, 2.05) is 4.68 Å². The predicted octanol–water partition coefficient (Wildman–Crippen LogP) is 3.67. The molecule has 2 aromatic rings. The molecule has 0 aliphatic rings. The van der Waals surface area contributed by atoms with Gasteiger partial charge in [0.1, 0.15) is 0 Å². The summed E-state index contributed by atoms with van der Waals surface area (Å²) in [5.74, 6) is 0. The van der Waals surface area contributed by atoms with E-state index in [1.165, 1.54) is 10.4 Å². The quantitative estimate of drug-likeness (QED) is 0.930. The van der Waals surface area contributed by atoms with Gasteiger partial charge in [-0.25, -0.2) is 0 Å². The molecular formula is C13H18ClN3S. The van der Waals surface area contributed by atoms with Crippen molar-refractivity contribution in [2.45, 2.75) is 39.8 Å². The van der Waals surface area contributed by atoms with E-state index in [9.17, 15) is 0 Å². The molecule has 18 heavy (non-hydrogen) atoms. The molecule has 2 heterocycles. The molecule has 2 N–H and O–H groups in total. The summed E-state index contributed by atoms with van der Waals surface area (Å²) in [5.41, 5.74) is 8.54. The average Bonchev–Trinajstić information content (AvgIpc) is 2.84. The third-order valence-corrected chi connectivity index (χ3v) is 4.58. The molecule has 0 amide bonds. The largest absolute Gasteiger partial charge is 0.318 e. The van der Waals surface area contributed by atoms with Crippen molar-refractivity contribution in [3.63, 3.8) is 0 Å². The van der Waals surface area contributed by atoms with Crippen LogP contribution in [0.5, 0.6) is 0 Å². The zero-order valence-corrected chi connectivity index (χ0v) is 12.5. The standard InChI is InChI=1S/C13H18ClN3S/c1-4-5-17-13(10(14)7-16-17)12(15)11-6-8(2)9(3)18-11/h6-7,12H,4-5,15H2,1-3H3. The van der Waals surface area contributed by atoms with Gasteiger partial charge in [-0.1, -0.05) is 18.5 Å². The van der Waals surface area contributed by atoms with Crippen LogP contribution in [0.1, 0.15) is 40.4 Å². The summed E-state index contributed by atoms with van der Waals surface area (Å²) in [6.45, 7) is 7.18. The second-order valence-corrected chi connectivity index (χ2v) is 6.16. The Morgan fingerprint density at radius 3 is 2.78 bits per heavy atom. The minimum absolute atomic E-state index is 0.191. The van der Waals surface area contributed by atoms with Crippen molar-refractivity contribution in [1.29, 1.82) is 0 Å². The fourth-order valence-corrected chi connectivity index (χ4v) is 3.27. The number of aromatic nitrogens is 2. The Kier molecular flexibility index (Phi) is 4.10. The molecule has 1 atom stereocenters.